The van der Waals surface area contributed by atoms with Crippen molar-refractivity contribution in [3.63, 3.8) is 0 Å². The first-order valence-corrected chi connectivity index (χ1v) is 20.4. The lowest BCUT2D eigenvalue weighted by Gasteiger charge is -2.26. The third kappa shape index (κ3) is 5.18. The van der Waals surface area contributed by atoms with Crippen molar-refractivity contribution in [3.8, 4) is 28.3 Å². The van der Waals surface area contributed by atoms with Crippen molar-refractivity contribution in [3.05, 3.63) is 200 Å². The Morgan fingerprint density at radius 1 is 0.466 bits per heavy atom. The molecule has 272 valence electrons. The molecule has 0 saturated carbocycles. The van der Waals surface area contributed by atoms with Gasteiger partial charge in [-0.3, -0.25) is 0 Å². The van der Waals surface area contributed by atoms with Gasteiger partial charge in [-0.2, -0.15) is 0 Å². The van der Waals surface area contributed by atoms with Crippen LogP contribution in [0.3, 0.4) is 0 Å². The topological polar surface area (TPSA) is 34.2 Å². The van der Waals surface area contributed by atoms with Crippen LogP contribution in [0, 0.1) is 0 Å². The van der Waals surface area contributed by atoms with Gasteiger partial charge in [-0.1, -0.05) is 115 Å². The molecule has 12 rings (SSSR count). The first-order valence-electron chi connectivity index (χ1n) is 19.5. The van der Waals surface area contributed by atoms with E-state index in [0.29, 0.717) is 5.89 Å². The van der Waals surface area contributed by atoms with Gasteiger partial charge in [-0.05, 0) is 101 Å². The Morgan fingerprint density at radius 3 is 2.02 bits per heavy atom. The molecule has 0 amide bonds. The molecule has 3 heterocycles. The fourth-order valence-electron chi connectivity index (χ4n) is 8.74. The van der Waals surface area contributed by atoms with Crippen LogP contribution in [-0.2, 0) is 0 Å². The Kier molecular flexibility index (Phi) is 7.37. The maximum absolute atomic E-state index is 6.54. The third-order valence-corrected chi connectivity index (χ3v) is 12.6. The summed E-state index contributed by atoms with van der Waals surface area (Å²) in [6.45, 7) is 0. The molecule has 3 aromatic heterocycles. The van der Waals surface area contributed by atoms with Crippen LogP contribution in [0.5, 0.6) is 0 Å². The molecule has 0 aliphatic rings. The summed E-state index contributed by atoms with van der Waals surface area (Å²) in [5.41, 5.74) is 11.6. The van der Waals surface area contributed by atoms with E-state index in [1.165, 1.54) is 36.5 Å². The number of aromatic nitrogens is 2. The molecule has 0 bridgehead atoms. The Hall–Kier alpha value is -7.47. The van der Waals surface area contributed by atoms with Gasteiger partial charge in [0.2, 0.25) is 5.89 Å². The predicted octanol–water partition coefficient (Wildman–Crippen LogP) is 15.2. The van der Waals surface area contributed by atoms with E-state index in [1.54, 1.807) is 0 Å². The second-order valence-electron chi connectivity index (χ2n) is 14.8. The average Bonchev–Trinajstić information content (AvgIpc) is 3.99. The van der Waals surface area contributed by atoms with Crippen LogP contribution < -0.4 is 4.90 Å². The number of fused-ring (bicyclic) bond motifs is 9. The number of nitrogens with zero attached hydrogens (tertiary/aromatic N) is 3. The van der Waals surface area contributed by atoms with Crippen LogP contribution in [0.2, 0.25) is 0 Å². The molecule has 12 aromatic rings. The molecule has 0 radical (unpaired) electrons. The zero-order valence-corrected chi connectivity index (χ0v) is 32.0. The van der Waals surface area contributed by atoms with Crippen LogP contribution in [0.15, 0.2) is 205 Å². The Balaban J connectivity index is 1.04. The minimum atomic E-state index is 0.627. The van der Waals surface area contributed by atoms with E-state index in [-0.39, 0.29) is 0 Å². The molecule has 0 aliphatic carbocycles. The van der Waals surface area contributed by atoms with E-state index in [9.17, 15) is 0 Å². The highest BCUT2D eigenvalue weighted by atomic mass is 32.1. The van der Waals surface area contributed by atoms with E-state index < -0.39 is 0 Å². The minimum Gasteiger partial charge on any atom is -0.435 e. The summed E-state index contributed by atoms with van der Waals surface area (Å²) in [7, 11) is 0. The first kappa shape index (κ1) is 32.7. The number of hydrogen-bond donors (Lipinski definition) is 0. The highest BCUT2D eigenvalue weighted by molar-refractivity contribution is 7.25. The van der Waals surface area contributed by atoms with Crippen molar-refractivity contribution in [2.45, 2.75) is 0 Å². The maximum atomic E-state index is 6.54. The molecule has 0 atom stereocenters. The molecule has 5 heteroatoms. The largest absolute Gasteiger partial charge is 0.435 e. The number of oxazole rings is 1. The van der Waals surface area contributed by atoms with E-state index in [0.717, 1.165) is 66.8 Å². The number of benzene rings is 9. The van der Waals surface area contributed by atoms with Crippen molar-refractivity contribution >= 4 is 92.2 Å². The lowest BCUT2D eigenvalue weighted by Crippen LogP contribution is -2.10. The van der Waals surface area contributed by atoms with E-state index >= 15 is 0 Å². The third-order valence-electron chi connectivity index (χ3n) is 11.4. The zero-order valence-electron chi connectivity index (χ0n) is 31.2. The summed E-state index contributed by atoms with van der Waals surface area (Å²) in [4.78, 5) is 7.29. The average molecular weight is 760 g/mol. The molecule has 0 saturated heterocycles. The maximum Gasteiger partial charge on any atom is 0.227 e. The molecule has 4 nitrogen and oxygen atoms in total. The van der Waals surface area contributed by atoms with Crippen molar-refractivity contribution in [2.24, 2.45) is 0 Å². The van der Waals surface area contributed by atoms with Gasteiger partial charge >= 0.3 is 0 Å². The summed E-state index contributed by atoms with van der Waals surface area (Å²) >= 11 is 1.84. The quantitative estimate of drug-likeness (QED) is 0.169. The molecule has 0 aliphatic heterocycles. The number of hydrogen-bond acceptors (Lipinski definition) is 4. The van der Waals surface area contributed by atoms with Crippen molar-refractivity contribution in [1.29, 1.82) is 0 Å². The fourth-order valence-corrected chi connectivity index (χ4v) is 9.83. The highest BCUT2D eigenvalue weighted by Crippen LogP contribution is 2.44. The normalized spacial score (nSPS) is 11.8. The summed E-state index contributed by atoms with van der Waals surface area (Å²) in [5, 5.41) is 7.19. The second-order valence-corrected chi connectivity index (χ2v) is 15.8. The monoisotopic (exact) mass is 759 g/mol. The van der Waals surface area contributed by atoms with Gasteiger partial charge in [0.15, 0.2) is 5.58 Å². The summed E-state index contributed by atoms with van der Waals surface area (Å²) < 4.78 is 11.5. The standard InChI is InChI=1S/C53H33N3OS/c1-3-12-36(13-4-1)53-54-46-30-24-35-14-11-19-41(51(35)52(46)57-53)34-22-25-38(26-23-34)55(39-28-31-50-45(32-39)44-18-8-10-21-49(44)58-50)40-27-29-43-42-17-7-9-20-47(42)56(48(43)33-40)37-15-5-2-6-16-37/h1-33H. The lowest BCUT2D eigenvalue weighted by atomic mass is 9.97. The van der Waals surface area contributed by atoms with E-state index in [1.807, 2.05) is 41.7 Å². The lowest BCUT2D eigenvalue weighted by molar-refractivity contribution is 0.623. The zero-order chi connectivity index (χ0) is 38.2. The van der Waals surface area contributed by atoms with Crippen molar-refractivity contribution in [1.82, 2.24) is 9.55 Å². The van der Waals surface area contributed by atoms with Crippen molar-refractivity contribution in [2.75, 3.05) is 4.90 Å². The van der Waals surface area contributed by atoms with Crippen LogP contribution >= 0.6 is 11.3 Å². The SMILES string of the molecule is c1ccc(-c2nc3ccc4cccc(-c5ccc(N(c6ccc7sc8ccccc8c7c6)c6ccc7c8ccccc8n(-c8ccccc8)c7c6)cc5)c4c3o2)cc1. The highest BCUT2D eigenvalue weighted by Gasteiger charge is 2.20. The summed E-state index contributed by atoms with van der Waals surface area (Å²) in [6.07, 6.45) is 0. The predicted molar refractivity (Wildman–Crippen MR) is 244 cm³/mol. The molecular formula is C53H33N3OS. The molecule has 9 aromatic carbocycles. The van der Waals surface area contributed by atoms with E-state index in [2.05, 4.69) is 179 Å². The number of para-hydroxylation sites is 2. The van der Waals surface area contributed by atoms with Crippen molar-refractivity contribution < 1.29 is 4.42 Å². The van der Waals surface area contributed by atoms with Gasteiger partial charge in [-0.25, -0.2) is 4.98 Å². The van der Waals surface area contributed by atoms with Crippen LogP contribution in [0.1, 0.15) is 0 Å². The Labute approximate surface area is 338 Å². The molecule has 0 N–H and O–H groups in total. The van der Waals surface area contributed by atoms with Crippen LogP contribution in [-0.4, -0.2) is 9.55 Å². The number of rotatable bonds is 6. The number of thiophene rings is 1. The fraction of sp³-hybridized carbons (Fsp3) is 0. The Morgan fingerprint density at radius 2 is 1.16 bits per heavy atom. The second kappa shape index (κ2) is 13.1. The summed E-state index contributed by atoms with van der Waals surface area (Å²) in [6, 6.07) is 71.6. The van der Waals surface area contributed by atoms with Gasteiger partial charge in [0, 0.05) is 64.6 Å². The first-order chi connectivity index (χ1) is 28.7. The van der Waals surface area contributed by atoms with Crippen LogP contribution in [0.4, 0.5) is 17.1 Å². The van der Waals surface area contributed by atoms with E-state index in [4.69, 9.17) is 9.40 Å². The smallest absolute Gasteiger partial charge is 0.227 e. The van der Waals surface area contributed by atoms with Gasteiger partial charge in [0.25, 0.3) is 0 Å². The molecule has 0 unspecified atom stereocenters. The Bertz CT molecular complexity index is 3510. The minimum absolute atomic E-state index is 0.627. The molecular weight excluding hydrogens is 727 g/mol. The summed E-state index contributed by atoms with van der Waals surface area (Å²) in [5.74, 6) is 0.627. The van der Waals surface area contributed by atoms with Gasteiger partial charge < -0.3 is 13.9 Å². The molecule has 58 heavy (non-hydrogen) atoms. The van der Waals surface area contributed by atoms with Gasteiger partial charge in [0.05, 0.1) is 11.0 Å². The molecule has 0 spiro atoms. The molecule has 0 fully saturated rings. The van der Waals surface area contributed by atoms with Gasteiger partial charge in [-0.15, -0.1) is 11.3 Å². The van der Waals surface area contributed by atoms with Gasteiger partial charge in [0.1, 0.15) is 5.52 Å². The number of anilines is 3. The van der Waals surface area contributed by atoms with Crippen LogP contribution in [0.25, 0.3) is 92.1 Å².